The van der Waals surface area contributed by atoms with Crippen molar-refractivity contribution in [3.05, 3.63) is 23.8 Å². The third-order valence-corrected chi connectivity index (χ3v) is 5.32. The maximum atomic E-state index is 12.3. The Balaban J connectivity index is 1.54. The number of rotatable bonds is 2. The molecule has 0 spiro atoms. The first-order chi connectivity index (χ1) is 11.6. The molecule has 1 atom stereocenters. The molecule has 4 rings (SSSR count). The van der Waals surface area contributed by atoms with Gasteiger partial charge < -0.3 is 9.64 Å². The average molecular weight is 327 g/mol. The van der Waals surface area contributed by atoms with Crippen LogP contribution >= 0.6 is 0 Å². The van der Waals surface area contributed by atoms with Crippen LogP contribution in [0.15, 0.2) is 23.2 Å². The van der Waals surface area contributed by atoms with Crippen molar-refractivity contribution in [2.45, 2.75) is 32.2 Å². The molecule has 2 amide bonds. The number of hydrogen-bond acceptors (Lipinski definition) is 4. The highest BCUT2D eigenvalue weighted by Crippen LogP contribution is 2.35. The molecule has 2 saturated heterocycles. The first-order valence-electron chi connectivity index (χ1n) is 8.50. The number of piperidine rings is 1. The number of fused-ring (bicyclic) bond motifs is 1. The van der Waals surface area contributed by atoms with Crippen molar-refractivity contribution < 1.29 is 14.3 Å². The van der Waals surface area contributed by atoms with Gasteiger partial charge in [-0.3, -0.25) is 14.7 Å². The number of benzene rings is 1. The molecule has 0 N–H and O–H groups in total. The van der Waals surface area contributed by atoms with Gasteiger partial charge >= 0.3 is 6.09 Å². The van der Waals surface area contributed by atoms with Crippen LogP contribution in [0.4, 0.5) is 16.2 Å². The molecule has 1 aromatic carbocycles. The van der Waals surface area contributed by atoms with Gasteiger partial charge in [-0.25, -0.2) is 4.79 Å². The van der Waals surface area contributed by atoms with Crippen molar-refractivity contribution in [3.63, 3.8) is 0 Å². The van der Waals surface area contributed by atoms with Gasteiger partial charge in [-0.15, -0.1) is 0 Å². The van der Waals surface area contributed by atoms with Crippen LogP contribution in [0.1, 0.15) is 25.3 Å². The van der Waals surface area contributed by atoms with E-state index in [1.165, 1.54) is 5.56 Å². The Labute approximate surface area is 141 Å². The lowest BCUT2D eigenvalue weighted by molar-refractivity contribution is -0.130. The molecule has 0 bridgehead atoms. The third kappa shape index (κ3) is 2.56. The van der Waals surface area contributed by atoms with Crippen LogP contribution in [0.3, 0.4) is 0 Å². The summed E-state index contributed by atoms with van der Waals surface area (Å²) in [6.07, 6.45) is 4.27. The topological polar surface area (TPSA) is 62.2 Å². The lowest BCUT2D eigenvalue weighted by Gasteiger charge is -2.36. The summed E-state index contributed by atoms with van der Waals surface area (Å²) in [6, 6.07) is 6.04. The number of ether oxygens (including phenoxy) is 1. The fraction of sp³-hybridized carbons (Fsp3) is 0.500. The van der Waals surface area contributed by atoms with Crippen LogP contribution in [0.25, 0.3) is 0 Å². The Morgan fingerprint density at radius 2 is 2.08 bits per heavy atom. The van der Waals surface area contributed by atoms with E-state index in [2.05, 4.69) is 4.99 Å². The molecule has 24 heavy (non-hydrogen) atoms. The molecule has 1 aromatic rings. The molecule has 2 fully saturated rings. The molecule has 6 heteroatoms. The monoisotopic (exact) mass is 327 g/mol. The van der Waals surface area contributed by atoms with E-state index in [0.29, 0.717) is 12.5 Å². The van der Waals surface area contributed by atoms with Crippen molar-refractivity contribution >= 4 is 29.6 Å². The van der Waals surface area contributed by atoms with Gasteiger partial charge in [0.25, 0.3) is 0 Å². The lowest BCUT2D eigenvalue weighted by Crippen LogP contribution is -2.45. The van der Waals surface area contributed by atoms with Crippen molar-refractivity contribution in [3.8, 4) is 0 Å². The van der Waals surface area contributed by atoms with E-state index < -0.39 is 0 Å². The normalized spacial score (nSPS) is 23.5. The van der Waals surface area contributed by atoms with Crippen LogP contribution in [0.5, 0.6) is 0 Å². The SMILES string of the molecule is CC(=O)N1CCC([C@H]2COC(=O)N2c2ccc3c(c2)N=CC3)CC1. The number of carbonyl (C=O) groups excluding carboxylic acids is 2. The summed E-state index contributed by atoms with van der Waals surface area (Å²) >= 11 is 0. The first-order valence-corrected chi connectivity index (χ1v) is 8.50. The number of likely N-dealkylation sites (tertiary alicyclic amines) is 1. The van der Waals surface area contributed by atoms with E-state index in [1.807, 2.05) is 29.3 Å². The molecular formula is C18H21N3O3. The van der Waals surface area contributed by atoms with E-state index in [9.17, 15) is 9.59 Å². The molecule has 6 nitrogen and oxygen atoms in total. The number of hydrogen-bond donors (Lipinski definition) is 0. The zero-order valence-corrected chi connectivity index (χ0v) is 13.8. The number of aliphatic imine (C=N–C) groups is 1. The molecule has 0 aromatic heterocycles. The zero-order valence-electron chi connectivity index (χ0n) is 13.8. The minimum Gasteiger partial charge on any atom is -0.447 e. The first kappa shape index (κ1) is 15.2. The standard InChI is InChI=1S/C18H21N3O3/c1-12(22)20-8-5-14(6-9-20)17-11-24-18(23)21(17)15-3-2-13-4-7-19-16(13)10-15/h2-3,7,10,14,17H,4-6,8-9,11H2,1H3/t17-/m1/s1. The fourth-order valence-electron chi connectivity index (χ4n) is 3.92. The Morgan fingerprint density at radius 3 is 2.83 bits per heavy atom. The third-order valence-electron chi connectivity index (χ3n) is 5.32. The molecule has 126 valence electrons. The molecule has 0 radical (unpaired) electrons. The molecule has 0 unspecified atom stereocenters. The maximum Gasteiger partial charge on any atom is 0.414 e. The summed E-state index contributed by atoms with van der Waals surface area (Å²) in [6.45, 7) is 3.55. The Kier molecular flexibility index (Phi) is 3.75. The summed E-state index contributed by atoms with van der Waals surface area (Å²) in [5, 5.41) is 0. The molecule has 3 heterocycles. The van der Waals surface area contributed by atoms with Gasteiger partial charge in [0.1, 0.15) is 6.61 Å². The number of carbonyl (C=O) groups is 2. The summed E-state index contributed by atoms with van der Waals surface area (Å²) in [5.41, 5.74) is 2.99. The van der Waals surface area contributed by atoms with Gasteiger partial charge in [0, 0.05) is 38.3 Å². The highest BCUT2D eigenvalue weighted by atomic mass is 16.6. The van der Waals surface area contributed by atoms with Gasteiger partial charge in [-0.1, -0.05) is 6.07 Å². The summed E-state index contributed by atoms with van der Waals surface area (Å²) in [4.78, 5) is 31.8. The highest BCUT2D eigenvalue weighted by molar-refractivity contribution is 5.92. The number of amides is 2. The van der Waals surface area contributed by atoms with Crippen LogP contribution < -0.4 is 4.90 Å². The van der Waals surface area contributed by atoms with Crippen molar-refractivity contribution in [1.82, 2.24) is 4.90 Å². The lowest BCUT2D eigenvalue weighted by atomic mass is 9.89. The van der Waals surface area contributed by atoms with Gasteiger partial charge in [0.2, 0.25) is 5.91 Å². The minimum absolute atomic E-state index is 0.0371. The molecule has 3 aliphatic heterocycles. The largest absolute Gasteiger partial charge is 0.447 e. The Bertz CT molecular complexity index is 707. The maximum absolute atomic E-state index is 12.3. The van der Waals surface area contributed by atoms with E-state index in [4.69, 9.17) is 4.74 Å². The Hall–Kier alpha value is -2.37. The van der Waals surface area contributed by atoms with Crippen molar-refractivity contribution in [1.29, 1.82) is 0 Å². The van der Waals surface area contributed by atoms with Crippen molar-refractivity contribution in [2.24, 2.45) is 10.9 Å². The highest BCUT2D eigenvalue weighted by Gasteiger charge is 2.40. The molecule has 0 aliphatic carbocycles. The predicted octanol–water partition coefficient (Wildman–Crippen LogP) is 2.53. The van der Waals surface area contributed by atoms with E-state index >= 15 is 0 Å². The second-order valence-electron chi connectivity index (χ2n) is 6.69. The van der Waals surface area contributed by atoms with E-state index in [1.54, 1.807) is 11.8 Å². The second-order valence-corrected chi connectivity index (χ2v) is 6.69. The smallest absolute Gasteiger partial charge is 0.414 e. The van der Waals surface area contributed by atoms with Crippen molar-refractivity contribution in [2.75, 3.05) is 24.6 Å². The van der Waals surface area contributed by atoms with Crippen LogP contribution in [-0.4, -0.2) is 48.9 Å². The zero-order chi connectivity index (χ0) is 16.7. The molecular weight excluding hydrogens is 306 g/mol. The molecule has 3 aliphatic rings. The Morgan fingerprint density at radius 1 is 1.29 bits per heavy atom. The van der Waals surface area contributed by atoms with Crippen LogP contribution in [-0.2, 0) is 16.0 Å². The average Bonchev–Trinajstić information content (AvgIpc) is 3.20. The number of anilines is 1. The summed E-state index contributed by atoms with van der Waals surface area (Å²) in [7, 11) is 0. The van der Waals surface area contributed by atoms with E-state index in [-0.39, 0.29) is 18.0 Å². The summed E-state index contributed by atoms with van der Waals surface area (Å²) in [5.74, 6) is 0.476. The van der Waals surface area contributed by atoms with Crippen LogP contribution in [0, 0.1) is 5.92 Å². The van der Waals surface area contributed by atoms with Gasteiger partial charge in [-0.05, 0) is 36.5 Å². The van der Waals surface area contributed by atoms with Gasteiger partial charge in [0.05, 0.1) is 11.7 Å². The molecule has 0 saturated carbocycles. The van der Waals surface area contributed by atoms with E-state index in [0.717, 1.165) is 43.7 Å². The quantitative estimate of drug-likeness (QED) is 0.838. The second kappa shape index (κ2) is 5.92. The predicted molar refractivity (Wildman–Crippen MR) is 90.9 cm³/mol. The minimum atomic E-state index is -0.282. The van der Waals surface area contributed by atoms with Gasteiger partial charge in [-0.2, -0.15) is 0 Å². The number of cyclic esters (lactones) is 1. The van der Waals surface area contributed by atoms with Crippen LogP contribution in [0.2, 0.25) is 0 Å². The fourth-order valence-corrected chi connectivity index (χ4v) is 3.92. The van der Waals surface area contributed by atoms with Gasteiger partial charge in [0.15, 0.2) is 0 Å². The number of nitrogens with zero attached hydrogens (tertiary/aromatic N) is 3. The summed E-state index contributed by atoms with van der Waals surface area (Å²) < 4.78 is 5.35.